The van der Waals surface area contributed by atoms with E-state index >= 15 is 0 Å². The second-order valence-electron chi connectivity index (χ2n) is 4.23. The van der Waals surface area contributed by atoms with Gasteiger partial charge in [-0.1, -0.05) is 12.1 Å². The Bertz CT molecular complexity index is 383. The molecule has 0 aliphatic carbocycles. The van der Waals surface area contributed by atoms with Crippen LogP contribution in [-0.4, -0.2) is 23.7 Å². The first-order valence-corrected chi connectivity index (χ1v) is 6.43. The zero-order valence-corrected chi connectivity index (χ0v) is 12.2. The quantitative estimate of drug-likeness (QED) is 0.806. The minimum Gasteiger partial charge on any atom is -0.480 e. The van der Waals surface area contributed by atoms with Gasteiger partial charge in [-0.2, -0.15) is 0 Å². The number of rotatable bonds is 3. The molecule has 2 rings (SSSR count). The average Bonchev–Trinajstić information content (AvgIpc) is 2.70. The molecule has 1 aromatic rings. The molecule has 2 N–H and O–H groups in total. The van der Waals surface area contributed by atoms with Crippen molar-refractivity contribution >= 4 is 41.0 Å². The lowest BCUT2D eigenvalue weighted by Crippen LogP contribution is -2.29. The molecule has 0 saturated carbocycles. The first kappa shape index (κ1) is 14.7. The summed E-state index contributed by atoms with van der Waals surface area (Å²) in [6.45, 7) is 0.808. The fourth-order valence-corrected chi connectivity index (χ4v) is 2.47. The maximum atomic E-state index is 10.8. The van der Waals surface area contributed by atoms with Crippen molar-refractivity contribution < 1.29 is 9.90 Å². The molecule has 1 aromatic carbocycles. The molecule has 1 aliphatic rings. The van der Waals surface area contributed by atoms with E-state index in [1.54, 1.807) is 0 Å². The van der Waals surface area contributed by atoms with Crippen molar-refractivity contribution in [2.24, 2.45) is 5.92 Å². The van der Waals surface area contributed by atoms with Crippen LogP contribution in [0.1, 0.15) is 12.0 Å². The van der Waals surface area contributed by atoms with E-state index in [0.717, 1.165) is 19.4 Å². The molecule has 5 heteroatoms. The molecule has 1 heterocycles. The molecule has 0 unspecified atom stereocenters. The molecular formula is C12H15ClINO2. The van der Waals surface area contributed by atoms with E-state index in [1.807, 2.05) is 0 Å². The largest absolute Gasteiger partial charge is 0.480 e. The Labute approximate surface area is 121 Å². The number of aliphatic carboxylic acids is 1. The third kappa shape index (κ3) is 4.12. The molecule has 2 atom stereocenters. The summed E-state index contributed by atoms with van der Waals surface area (Å²) >= 11 is 2.28. The van der Waals surface area contributed by atoms with Gasteiger partial charge in [-0.25, -0.2) is 0 Å². The van der Waals surface area contributed by atoms with Gasteiger partial charge in [0.15, 0.2) is 0 Å². The lowest BCUT2D eigenvalue weighted by molar-refractivity contribution is -0.139. The summed E-state index contributed by atoms with van der Waals surface area (Å²) in [7, 11) is 0. The van der Waals surface area contributed by atoms with Crippen LogP contribution in [-0.2, 0) is 11.2 Å². The normalized spacial score (nSPS) is 23.1. The fraction of sp³-hybridized carbons (Fsp3) is 0.417. The van der Waals surface area contributed by atoms with Crippen molar-refractivity contribution in [3.05, 3.63) is 33.4 Å². The van der Waals surface area contributed by atoms with E-state index < -0.39 is 5.97 Å². The first-order chi connectivity index (χ1) is 7.65. The van der Waals surface area contributed by atoms with Crippen molar-refractivity contribution in [3.8, 4) is 0 Å². The predicted octanol–water partition coefficient (Wildman–Crippen LogP) is 2.32. The summed E-state index contributed by atoms with van der Waals surface area (Å²) < 4.78 is 1.23. The number of benzene rings is 1. The summed E-state index contributed by atoms with van der Waals surface area (Å²) in [6, 6.07) is 8.07. The SMILES string of the molecule is Cl.O=C(O)[C@@H]1C[C@@H](Cc2ccc(I)cc2)CN1. The fourth-order valence-electron chi connectivity index (χ4n) is 2.11. The molecule has 0 radical (unpaired) electrons. The number of hydrogen-bond donors (Lipinski definition) is 2. The van der Waals surface area contributed by atoms with Crippen molar-refractivity contribution in [2.75, 3.05) is 6.54 Å². The Morgan fingerprint density at radius 1 is 1.41 bits per heavy atom. The van der Waals surface area contributed by atoms with E-state index in [4.69, 9.17) is 5.11 Å². The van der Waals surface area contributed by atoms with Crippen molar-refractivity contribution in [1.29, 1.82) is 0 Å². The Morgan fingerprint density at radius 3 is 2.59 bits per heavy atom. The van der Waals surface area contributed by atoms with Crippen LogP contribution in [0, 0.1) is 9.49 Å². The van der Waals surface area contributed by atoms with Crippen molar-refractivity contribution in [2.45, 2.75) is 18.9 Å². The van der Waals surface area contributed by atoms with Crippen LogP contribution in [0.3, 0.4) is 0 Å². The van der Waals surface area contributed by atoms with Crippen molar-refractivity contribution in [1.82, 2.24) is 5.32 Å². The van der Waals surface area contributed by atoms with Crippen LogP contribution in [0.2, 0.25) is 0 Å². The van der Waals surface area contributed by atoms with Crippen LogP contribution in [0.4, 0.5) is 0 Å². The van der Waals surface area contributed by atoms with Crippen LogP contribution in [0.15, 0.2) is 24.3 Å². The zero-order valence-electron chi connectivity index (χ0n) is 9.23. The van der Waals surface area contributed by atoms with E-state index in [-0.39, 0.29) is 18.4 Å². The smallest absolute Gasteiger partial charge is 0.320 e. The van der Waals surface area contributed by atoms with Crippen LogP contribution >= 0.6 is 35.0 Å². The molecule has 1 fully saturated rings. The topological polar surface area (TPSA) is 49.3 Å². The minimum atomic E-state index is -0.731. The second-order valence-corrected chi connectivity index (χ2v) is 5.48. The van der Waals surface area contributed by atoms with Gasteiger partial charge in [0.05, 0.1) is 0 Å². The number of carbonyl (C=O) groups is 1. The second kappa shape index (κ2) is 6.56. The highest BCUT2D eigenvalue weighted by Gasteiger charge is 2.28. The third-order valence-corrected chi connectivity index (χ3v) is 3.68. The molecule has 0 spiro atoms. The minimum absolute atomic E-state index is 0. The van der Waals surface area contributed by atoms with Gasteiger partial charge in [0.1, 0.15) is 6.04 Å². The van der Waals surface area contributed by atoms with Gasteiger partial charge in [-0.05, 0) is 65.6 Å². The highest BCUT2D eigenvalue weighted by Crippen LogP contribution is 2.19. The van der Waals surface area contributed by atoms with E-state index in [9.17, 15) is 4.79 Å². The summed E-state index contributed by atoms with van der Waals surface area (Å²) in [5.41, 5.74) is 1.29. The molecule has 17 heavy (non-hydrogen) atoms. The lowest BCUT2D eigenvalue weighted by atomic mass is 9.97. The van der Waals surface area contributed by atoms with Gasteiger partial charge >= 0.3 is 5.97 Å². The van der Waals surface area contributed by atoms with E-state index in [1.165, 1.54) is 9.13 Å². The molecular weight excluding hydrogens is 352 g/mol. The van der Waals surface area contributed by atoms with Gasteiger partial charge in [0, 0.05) is 3.57 Å². The molecule has 1 saturated heterocycles. The molecule has 0 amide bonds. The highest BCUT2D eigenvalue weighted by atomic mass is 127. The van der Waals surface area contributed by atoms with Crippen LogP contribution < -0.4 is 5.32 Å². The number of nitrogens with one attached hydrogen (secondary N) is 1. The predicted molar refractivity (Wildman–Crippen MR) is 77.6 cm³/mol. The van der Waals surface area contributed by atoms with Gasteiger partial charge in [0.25, 0.3) is 0 Å². The van der Waals surface area contributed by atoms with Gasteiger partial charge in [-0.15, -0.1) is 12.4 Å². The van der Waals surface area contributed by atoms with E-state index in [2.05, 4.69) is 52.2 Å². The maximum absolute atomic E-state index is 10.8. The Hall–Kier alpha value is -0.330. The summed E-state index contributed by atoms with van der Waals surface area (Å²) in [4.78, 5) is 10.8. The summed E-state index contributed by atoms with van der Waals surface area (Å²) in [6.07, 6.45) is 1.70. The zero-order chi connectivity index (χ0) is 11.5. The number of carboxylic acids is 1. The molecule has 0 aromatic heterocycles. The Kier molecular flexibility index (Phi) is 5.69. The highest BCUT2D eigenvalue weighted by molar-refractivity contribution is 14.1. The maximum Gasteiger partial charge on any atom is 0.320 e. The molecule has 0 bridgehead atoms. The number of halogens is 2. The first-order valence-electron chi connectivity index (χ1n) is 5.36. The van der Waals surface area contributed by atoms with Gasteiger partial charge in [0.2, 0.25) is 0 Å². The summed E-state index contributed by atoms with van der Waals surface area (Å²) in [5.74, 6) is -0.286. The Balaban J connectivity index is 0.00000144. The summed E-state index contributed by atoms with van der Waals surface area (Å²) in [5, 5.41) is 11.9. The monoisotopic (exact) mass is 367 g/mol. The molecule has 3 nitrogen and oxygen atoms in total. The average molecular weight is 368 g/mol. The lowest BCUT2D eigenvalue weighted by Gasteiger charge is -2.08. The van der Waals surface area contributed by atoms with Gasteiger partial charge < -0.3 is 10.4 Å². The van der Waals surface area contributed by atoms with Gasteiger partial charge in [-0.3, -0.25) is 4.79 Å². The number of carboxylic acid groups (broad SMARTS) is 1. The van der Waals surface area contributed by atoms with Crippen molar-refractivity contribution in [3.63, 3.8) is 0 Å². The molecule has 94 valence electrons. The van der Waals surface area contributed by atoms with Crippen LogP contribution in [0.5, 0.6) is 0 Å². The van der Waals surface area contributed by atoms with E-state index in [0.29, 0.717) is 5.92 Å². The number of hydrogen-bond acceptors (Lipinski definition) is 2. The van der Waals surface area contributed by atoms with Crippen LogP contribution in [0.25, 0.3) is 0 Å². The Morgan fingerprint density at radius 2 is 2.06 bits per heavy atom. The standard InChI is InChI=1S/C12H14INO2.ClH/c13-10-3-1-8(2-4-10)5-9-6-11(12(15)16)14-7-9;/h1-4,9,11,14H,5-7H2,(H,15,16);1H/t9-,11+;/m1./s1. The molecule has 1 aliphatic heterocycles. The third-order valence-electron chi connectivity index (χ3n) is 2.96.